The Kier molecular flexibility index (Phi) is 4.19. The monoisotopic (exact) mass is 200 g/mol. The summed E-state index contributed by atoms with van der Waals surface area (Å²) < 4.78 is 5.44. The topological polar surface area (TPSA) is 56.8 Å². The second-order valence-corrected chi connectivity index (χ2v) is 3.10. The number of hydrogen-bond donors (Lipinski definition) is 0. The molecule has 1 rings (SSSR count). The zero-order valence-corrected chi connectivity index (χ0v) is 8.66. The highest BCUT2D eigenvalue weighted by Crippen LogP contribution is 2.21. The first kappa shape index (κ1) is 11.1. The van der Waals surface area contributed by atoms with Crippen LogP contribution in [0.25, 0.3) is 0 Å². The van der Waals surface area contributed by atoms with E-state index in [-0.39, 0.29) is 0 Å². The minimum absolute atomic E-state index is 0.330. The maximum Gasteiger partial charge on any atom is 0.138 e. The van der Waals surface area contributed by atoms with Crippen molar-refractivity contribution in [2.45, 2.75) is 19.8 Å². The standard InChI is InChI=1S/C12H12N2O/c1-2-3-7-15-12-6-4-5-10(8-13)11(12)9-14/h4-6H,2-3,7H2,1H3. The number of unbranched alkanes of at least 4 members (excludes halogenated alkanes) is 1. The summed E-state index contributed by atoms with van der Waals surface area (Å²) in [6.07, 6.45) is 1.99. The van der Waals surface area contributed by atoms with Crippen LogP contribution in [0.2, 0.25) is 0 Å². The van der Waals surface area contributed by atoms with E-state index in [1.54, 1.807) is 18.2 Å². The van der Waals surface area contributed by atoms with Crippen LogP contribution < -0.4 is 4.74 Å². The van der Waals surface area contributed by atoms with Gasteiger partial charge in [0.25, 0.3) is 0 Å². The highest BCUT2D eigenvalue weighted by atomic mass is 16.5. The highest BCUT2D eigenvalue weighted by molar-refractivity contribution is 5.53. The molecule has 0 radical (unpaired) electrons. The van der Waals surface area contributed by atoms with E-state index in [1.165, 1.54) is 0 Å². The molecule has 0 aliphatic heterocycles. The van der Waals surface area contributed by atoms with E-state index in [0.717, 1.165) is 12.8 Å². The van der Waals surface area contributed by atoms with Gasteiger partial charge in [-0.1, -0.05) is 19.4 Å². The third kappa shape index (κ3) is 2.72. The van der Waals surface area contributed by atoms with Gasteiger partial charge in [0, 0.05) is 0 Å². The molecule has 0 aromatic heterocycles. The molecule has 0 aliphatic carbocycles. The average Bonchev–Trinajstić information content (AvgIpc) is 2.29. The Labute approximate surface area is 89.5 Å². The van der Waals surface area contributed by atoms with Crippen LogP contribution in [-0.4, -0.2) is 6.61 Å². The Hall–Kier alpha value is -2.00. The largest absolute Gasteiger partial charge is 0.492 e. The first-order valence-corrected chi connectivity index (χ1v) is 4.89. The lowest BCUT2D eigenvalue weighted by atomic mass is 10.1. The summed E-state index contributed by atoms with van der Waals surface area (Å²) in [4.78, 5) is 0. The Bertz CT molecular complexity index is 413. The van der Waals surface area contributed by atoms with Crippen molar-refractivity contribution in [2.75, 3.05) is 6.61 Å². The van der Waals surface area contributed by atoms with E-state index < -0.39 is 0 Å². The lowest BCUT2D eigenvalue weighted by Gasteiger charge is -2.07. The van der Waals surface area contributed by atoms with Gasteiger partial charge < -0.3 is 4.74 Å². The number of nitriles is 2. The molecule has 0 unspecified atom stereocenters. The molecule has 0 N–H and O–H groups in total. The number of nitrogens with zero attached hydrogens (tertiary/aromatic N) is 2. The first-order valence-electron chi connectivity index (χ1n) is 4.89. The quantitative estimate of drug-likeness (QED) is 0.702. The van der Waals surface area contributed by atoms with Crippen LogP contribution >= 0.6 is 0 Å². The SMILES string of the molecule is CCCCOc1cccc(C#N)c1C#N. The molecule has 0 fully saturated rings. The molecule has 3 nitrogen and oxygen atoms in total. The summed E-state index contributed by atoms with van der Waals surface area (Å²) >= 11 is 0. The Morgan fingerprint density at radius 1 is 1.27 bits per heavy atom. The van der Waals surface area contributed by atoms with Gasteiger partial charge in [-0.2, -0.15) is 10.5 Å². The zero-order chi connectivity index (χ0) is 11.1. The van der Waals surface area contributed by atoms with E-state index in [9.17, 15) is 0 Å². The zero-order valence-electron chi connectivity index (χ0n) is 8.66. The third-order valence-corrected chi connectivity index (χ3v) is 2.01. The van der Waals surface area contributed by atoms with Crippen molar-refractivity contribution < 1.29 is 4.74 Å². The molecule has 0 saturated heterocycles. The first-order chi connectivity index (χ1) is 7.33. The van der Waals surface area contributed by atoms with Crippen LogP contribution in [0.4, 0.5) is 0 Å². The van der Waals surface area contributed by atoms with Crippen LogP contribution in [0.1, 0.15) is 30.9 Å². The van der Waals surface area contributed by atoms with Gasteiger partial charge in [-0.15, -0.1) is 0 Å². The van der Waals surface area contributed by atoms with Gasteiger partial charge in [0.15, 0.2) is 0 Å². The van der Waals surface area contributed by atoms with Crippen molar-refractivity contribution in [3.8, 4) is 17.9 Å². The van der Waals surface area contributed by atoms with Gasteiger partial charge >= 0.3 is 0 Å². The molecular weight excluding hydrogens is 188 g/mol. The number of ether oxygens (including phenoxy) is 1. The minimum Gasteiger partial charge on any atom is -0.492 e. The third-order valence-electron chi connectivity index (χ3n) is 2.01. The molecule has 15 heavy (non-hydrogen) atoms. The molecular formula is C12H12N2O. The van der Waals surface area contributed by atoms with E-state index in [4.69, 9.17) is 15.3 Å². The molecule has 0 atom stereocenters. The summed E-state index contributed by atoms with van der Waals surface area (Å²) in [6.45, 7) is 2.65. The fourth-order valence-corrected chi connectivity index (χ4v) is 1.19. The fourth-order valence-electron chi connectivity index (χ4n) is 1.19. The summed E-state index contributed by atoms with van der Waals surface area (Å²) in [5.41, 5.74) is 0.697. The molecule has 0 bridgehead atoms. The molecule has 0 amide bonds. The van der Waals surface area contributed by atoms with Gasteiger partial charge in [-0.25, -0.2) is 0 Å². The Morgan fingerprint density at radius 3 is 2.67 bits per heavy atom. The van der Waals surface area contributed by atoms with Crippen molar-refractivity contribution in [1.29, 1.82) is 10.5 Å². The molecule has 1 aromatic carbocycles. The number of benzene rings is 1. The smallest absolute Gasteiger partial charge is 0.138 e. The number of rotatable bonds is 4. The molecule has 76 valence electrons. The van der Waals surface area contributed by atoms with Crippen molar-refractivity contribution in [2.24, 2.45) is 0 Å². The van der Waals surface area contributed by atoms with E-state index in [0.29, 0.717) is 23.5 Å². The van der Waals surface area contributed by atoms with Crippen LogP contribution in [0.3, 0.4) is 0 Å². The Balaban J connectivity index is 2.89. The Morgan fingerprint density at radius 2 is 2.07 bits per heavy atom. The lowest BCUT2D eigenvalue weighted by Crippen LogP contribution is -1.99. The fraction of sp³-hybridized carbons (Fsp3) is 0.333. The summed E-state index contributed by atoms with van der Waals surface area (Å²) in [5.74, 6) is 0.505. The summed E-state index contributed by atoms with van der Waals surface area (Å²) in [6, 6.07) is 9.03. The predicted octanol–water partition coefficient (Wildman–Crippen LogP) is 2.61. The van der Waals surface area contributed by atoms with Gasteiger partial charge in [-0.05, 0) is 18.6 Å². The summed E-state index contributed by atoms with van der Waals surface area (Å²) in [5, 5.41) is 17.7. The second-order valence-electron chi connectivity index (χ2n) is 3.10. The van der Waals surface area contributed by atoms with Gasteiger partial charge in [0.1, 0.15) is 23.5 Å². The van der Waals surface area contributed by atoms with Crippen LogP contribution in [-0.2, 0) is 0 Å². The van der Waals surface area contributed by atoms with Crippen molar-refractivity contribution >= 4 is 0 Å². The maximum atomic E-state index is 8.91. The van der Waals surface area contributed by atoms with Crippen molar-refractivity contribution in [1.82, 2.24) is 0 Å². The molecule has 3 heteroatoms. The molecule has 0 aliphatic rings. The van der Waals surface area contributed by atoms with E-state index >= 15 is 0 Å². The molecule has 1 aromatic rings. The predicted molar refractivity (Wildman–Crippen MR) is 56.3 cm³/mol. The highest BCUT2D eigenvalue weighted by Gasteiger charge is 2.07. The normalized spacial score (nSPS) is 9.00. The average molecular weight is 200 g/mol. The molecule has 0 spiro atoms. The van der Waals surface area contributed by atoms with Crippen molar-refractivity contribution in [3.63, 3.8) is 0 Å². The van der Waals surface area contributed by atoms with Crippen LogP contribution in [0.15, 0.2) is 18.2 Å². The maximum absolute atomic E-state index is 8.91. The minimum atomic E-state index is 0.330. The number of hydrogen-bond acceptors (Lipinski definition) is 3. The van der Waals surface area contributed by atoms with Crippen LogP contribution in [0.5, 0.6) is 5.75 Å². The lowest BCUT2D eigenvalue weighted by molar-refractivity contribution is 0.308. The second kappa shape index (κ2) is 5.67. The van der Waals surface area contributed by atoms with Crippen molar-refractivity contribution in [3.05, 3.63) is 29.3 Å². The van der Waals surface area contributed by atoms with Gasteiger partial charge in [0.2, 0.25) is 0 Å². The van der Waals surface area contributed by atoms with Gasteiger partial charge in [-0.3, -0.25) is 0 Å². The van der Waals surface area contributed by atoms with E-state index in [2.05, 4.69) is 6.92 Å². The molecule has 0 saturated carbocycles. The van der Waals surface area contributed by atoms with E-state index in [1.807, 2.05) is 12.1 Å². The van der Waals surface area contributed by atoms with Crippen LogP contribution in [0, 0.1) is 22.7 Å². The van der Waals surface area contributed by atoms with Gasteiger partial charge in [0.05, 0.1) is 12.2 Å². The summed E-state index contributed by atoms with van der Waals surface area (Å²) in [7, 11) is 0. The molecule has 0 heterocycles.